The molecule has 0 aliphatic heterocycles. The smallest absolute Gasteiger partial charge is 0.264 e. The van der Waals surface area contributed by atoms with Crippen molar-refractivity contribution in [3.8, 4) is 0 Å². The van der Waals surface area contributed by atoms with E-state index < -0.39 is 28.5 Å². The zero-order valence-corrected chi connectivity index (χ0v) is 26.1. The molecule has 220 valence electrons. The van der Waals surface area contributed by atoms with E-state index in [1.54, 1.807) is 36.4 Å². The first-order chi connectivity index (χ1) is 19.3. The van der Waals surface area contributed by atoms with Crippen LogP contribution in [0.5, 0.6) is 0 Å². The first-order valence-electron chi connectivity index (χ1n) is 14.1. The molecule has 0 aliphatic carbocycles. The van der Waals surface area contributed by atoms with E-state index in [0.717, 1.165) is 32.1 Å². The Bertz CT molecular complexity index is 1450. The summed E-state index contributed by atoms with van der Waals surface area (Å²) in [4.78, 5) is 29.1. The highest BCUT2D eigenvalue weighted by atomic mass is 32.2. The summed E-state index contributed by atoms with van der Waals surface area (Å²) in [6.07, 6.45) is 0.385. The summed E-state index contributed by atoms with van der Waals surface area (Å²) in [5.74, 6) is -0.454. The molecule has 1 N–H and O–H groups in total. The number of hydrogen-bond donors (Lipinski definition) is 1. The molecule has 3 aromatic rings. The van der Waals surface area contributed by atoms with Crippen LogP contribution in [0.2, 0.25) is 0 Å². The van der Waals surface area contributed by atoms with Crippen molar-refractivity contribution in [2.45, 2.75) is 72.4 Å². The third-order valence-electron chi connectivity index (χ3n) is 7.21. The number of aryl methyl sites for hydroxylation is 4. The second kappa shape index (κ2) is 13.8. The van der Waals surface area contributed by atoms with Gasteiger partial charge in [-0.25, -0.2) is 8.42 Å². The number of hydrogen-bond acceptors (Lipinski definition) is 4. The van der Waals surface area contributed by atoms with Crippen molar-refractivity contribution in [2.24, 2.45) is 5.92 Å². The molecule has 0 spiro atoms. The predicted molar refractivity (Wildman–Crippen MR) is 165 cm³/mol. The lowest BCUT2D eigenvalue weighted by Crippen LogP contribution is -2.52. The molecule has 0 aromatic heterocycles. The van der Waals surface area contributed by atoms with Gasteiger partial charge in [-0.3, -0.25) is 13.9 Å². The molecule has 0 bridgehead atoms. The van der Waals surface area contributed by atoms with Gasteiger partial charge in [0.2, 0.25) is 11.8 Å². The lowest BCUT2D eigenvalue weighted by atomic mass is 10.1. The van der Waals surface area contributed by atoms with E-state index in [0.29, 0.717) is 18.7 Å². The Hall–Kier alpha value is -3.65. The summed E-state index contributed by atoms with van der Waals surface area (Å²) >= 11 is 0. The van der Waals surface area contributed by atoms with Crippen molar-refractivity contribution in [2.75, 3.05) is 17.4 Å². The third kappa shape index (κ3) is 8.19. The van der Waals surface area contributed by atoms with E-state index in [4.69, 9.17) is 0 Å². The normalized spacial score (nSPS) is 12.2. The standard InChI is InChI=1S/C33H43N3O4S/c1-8-31(33(38)34-20-23(2)3)35(21-28-14-9-24(4)10-15-28)32(37)22-36(29-16-13-26(6)27(7)19-29)41(39,40)30-17-11-25(5)12-18-30/h9-19,23,31H,8,20-22H2,1-7H3,(H,34,38)/t31-/m0/s1. The summed E-state index contributed by atoms with van der Waals surface area (Å²) < 4.78 is 29.2. The highest BCUT2D eigenvalue weighted by Crippen LogP contribution is 2.27. The lowest BCUT2D eigenvalue weighted by molar-refractivity contribution is -0.140. The fourth-order valence-electron chi connectivity index (χ4n) is 4.48. The molecular formula is C33H43N3O4S. The molecule has 3 aromatic carbocycles. The molecule has 7 nitrogen and oxygen atoms in total. The van der Waals surface area contributed by atoms with Crippen LogP contribution in [0.15, 0.2) is 71.6 Å². The van der Waals surface area contributed by atoms with Crippen molar-refractivity contribution >= 4 is 27.5 Å². The van der Waals surface area contributed by atoms with Crippen LogP contribution >= 0.6 is 0 Å². The largest absolute Gasteiger partial charge is 0.354 e. The zero-order chi connectivity index (χ0) is 30.3. The number of anilines is 1. The molecule has 0 saturated carbocycles. The van der Waals surface area contributed by atoms with Gasteiger partial charge in [-0.05, 0) is 81.0 Å². The van der Waals surface area contributed by atoms with Gasteiger partial charge >= 0.3 is 0 Å². The van der Waals surface area contributed by atoms with Crippen LogP contribution in [0.3, 0.4) is 0 Å². The van der Waals surface area contributed by atoms with E-state index in [9.17, 15) is 18.0 Å². The quantitative estimate of drug-likeness (QED) is 0.299. The molecule has 0 heterocycles. The van der Waals surface area contributed by atoms with Crippen molar-refractivity contribution < 1.29 is 18.0 Å². The molecule has 41 heavy (non-hydrogen) atoms. The number of amides is 2. The van der Waals surface area contributed by atoms with Crippen LogP contribution in [0.25, 0.3) is 0 Å². The average Bonchev–Trinajstić information content (AvgIpc) is 2.93. The van der Waals surface area contributed by atoms with Gasteiger partial charge in [0, 0.05) is 13.1 Å². The Balaban J connectivity index is 2.06. The van der Waals surface area contributed by atoms with Gasteiger partial charge in [-0.15, -0.1) is 0 Å². The number of nitrogens with one attached hydrogen (secondary N) is 1. The molecule has 8 heteroatoms. The Kier molecular flexibility index (Phi) is 10.7. The molecule has 3 rings (SSSR count). The van der Waals surface area contributed by atoms with Gasteiger partial charge < -0.3 is 10.2 Å². The van der Waals surface area contributed by atoms with E-state index in [-0.39, 0.29) is 23.3 Å². The van der Waals surface area contributed by atoms with E-state index in [2.05, 4.69) is 5.32 Å². The Morgan fingerprint density at radius 2 is 1.41 bits per heavy atom. The van der Waals surface area contributed by atoms with Crippen LogP contribution in [-0.2, 0) is 26.2 Å². The second-order valence-electron chi connectivity index (χ2n) is 11.2. The zero-order valence-electron chi connectivity index (χ0n) is 25.3. The predicted octanol–water partition coefficient (Wildman–Crippen LogP) is 5.70. The second-order valence-corrected chi connectivity index (χ2v) is 13.0. The molecule has 1 atom stereocenters. The van der Waals surface area contributed by atoms with E-state index in [1.165, 1.54) is 4.90 Å². The Morgan fingerprint density at radius 1 is 0.829 bits per heavy atom. The number of sulfonamides is 1. The minimum absolute atomic E-state index is 0.0981. The van der Waals surface area contributed by atoms with Crippen molar-refractivity contribution in [3.05, 3.63) is 94.5 Å². The summed E-state index contributed by atoms with van der Waals surface area (Å²) in [6, 6.07) is 19.0. The van der Waals surface area contributed by atoms with Crippen LogP contribution in [0, 0.1) is 33.6 Å². The van der Waals surface area contributed by atoms with Crippen LogP contribution in [0.1, 0.15) is 55.0 Å². The number of rotatable bonds is 12. The summed E-state index contributed by atoms with van der Waals surface area (Å²) in [6.45, 7) is 13.8. The van der Waals surface area contributed by atoms with Crippen LogP contribution in [-0.4, -0.2) is 44.3 Å². The third-order valence-corrected chi connectivity index (χ3v) is 9.00. The van der Waals surface area contributed by atoms with Crippen molar-refractivity contribution in [1.82, 2.24) is 10.2 Å². The first-order valence-corrected chi connectivity index (χ1v) is 15.6. The van der Waals surface area contributed by atoms with Crippen LogP contribution in [0.4, 0.5) is 5.69 Å². The van der Waals surface area contributed by atoms with E-state index >= 15 is 0 Å². The maximum Gasteiger partial charge on any atom is 0.264 e. The fraction of sp³-hybridized carbons (Fsp3) is 0.394. The molecule has 2 amide bonds. The van der Waals surface area contributed by atoms with Crippen LogP contribution < -0.4 is 9.62 Å². The van der Waals surface area contributed by atoms with Gasteiger partial charge in [0.25, 0.3) is 10.0 Å². The molecule has 0 unspecified atom stereocenters. The summed E-state index contributed by atoms with van der Waals surface area (Å²) in [5.41, 5.74) is 5.20. The number of nitrogens with zero attached hydrogens (tertiary/aromatic N) is 2. The number of benzene rings is 3. The number of carbonyl (C=O) groups excluding carboxylic acids is 2. The maximum absolute atomic E-state index is 14.2. The van der Waals surface area contributed by atoms with Gasteiger partial charge in [0.15, 0.2) is 0 Å². The molecule has 0 fully saturated rings. The maximum atomic E-state index is 14.2. The van der Waals surface area contributed by atoms with E-state index in [1.807, 2.05) is 78.8 Å². The SMILES string of the molecule is CC[C@@H](C(=O)NCC(C)C)N(Cc1ccc(C)cc1)C(=O)CN(c1ccc(C)c(C)c1)S(=O)(=O)c1ccc(C)cc1. The van der Waals surface area contributed by atoms with Gasteiger partial charge in [0.1, 0.15) is 12.6 Å². The minimum atomic E-state index is -4.10. The summed E-state index contributed by atoms with van der Waals surface area (Å²) in [5, 5.41) is 2.96. The molecule has 0 aliphatic rings. The Morgan fingerprint density at radius 3 is 1.95 bits per heavy atom. The fourth-order valence-corrected chi connectivity index (χ4v) is 5.89. The van der Waals surface area contributed by atoms with Crippen molar-refractivity contribution in [1.29, 1.82) is 0 Å². The highest BCUT2D eigenvalue weighted by molar-refractivity contribution is 7.92. The van der Waals surface area contributed by atoms with Gasteiger partial charge in [-0.1, -0.05) is 74.4 Å². The average molecular weight is 578 g/mol. The molecule has 0 saturated heterocycles. The molecular weight excluding hydrogens is 534 g/mol. The van der Waals surface area contributed by atoms with Crippen molar-refractivity contribution in [3.63, 3.8) is 0 Å². The van der Waals surface area contributed by atoms with Gasteiger partial charge in [-0.2, -0.15) is 0 Å². The topological polar surface area (TPSA) is 86.8 Å². The Labute approximate surface area is 245 Å². The summed E-state index contributed by atoms with van der Waals surface area (Å²) in [7, 11) is -4.10. The monoisotopic (exact) mass is 577 g/mol. The number of carbonyl (C=O) groups is 2. The molecule has 0 radical (unpaired) electrons. The first kappa shape index (κ1) is 31.9. The minimum Gasteiger partial charge on any atom is -0.354 e. The highest BCUT2D eigenvalue weighted by Gasteiger charge is 2.33. The lowest BCUT2D eigenvalue weighted by Gasteiger charge is -2.33. The van der Waals surface area contributed by atoms with Gasteiger partial charge in [0.05, 0.1) is 10.6 Å².